The number of amides is 1. The van der Waals surface area contributed by atoms with Gasteiger partial charge in [0.05, 0.1) is 22.6 Å². The number of benzene rings is 2. The highest BCUT2D eigenvalue weighted by Gasteiger charge is 2.41. The van der Waals surface area contributed by atoms with Gasteiger partial charge in [-0.3, -0.25) is 4.79 Å². The maximum absolute atomic E-state index is 12.8. The van der Waals surface area contributed by atoms with Crippen molar-refractivity contribution < 1.29 is 23.1 Å². The molecular weight excluding hydrogens is 370 g/mol. The van der Waals surface area contributed by atoms with Crippen LogP contribution in [0.25, 0.3) is 0 Å². The first kappa shape index (κ1) is 18.7. The molecule has 3 rings (SSSR count). The molecule has 0 spiro atoms. The summed E-state index contributed by atoms with van der Waals surface area (Å²) in [5.41, 5.74) is 0.142. The van der Waals surface area contributed by atoms with E-state index in [4.69, 9.17) is 0 Å². The summed E-state index contributed by atoms with van der Waals surface area (Å²) >= 11 is 0. The SMILES string of the molecule is CC1C(=NS(=O)(=O)c2cccc(C(=O)[O-])c2)C(=O)N(c2ccccc2)N1C. The Kier molecular flexibility index (Phi) is 4.81. The Hall–Kier alpha value is -3.04. The predicted molar refractivity (Wildman–Crippen MR) is 96.5 cm³/mol. The van der Waals surface area contributed by atoms with Gasteiger partial charge in [-0.25, -0.2) is 10.0 Å². The van der Waals surface area contributed by atoms with Crippen molar-refractivity contribution in [1.82, 2.24) is 5.01 Å². The Balaban J connectivity index is 2.02. The first-order valence-electron chi connectivity index (χ1n) is 8.01. The van der Waals surface area contributed by atoms with Gasteiger partial charge in [0.15, 0.2) is 0 Å². The zero-order chi connectivity index (χ0) is 19.8. The summed E-state index contributed by atoms with van der Waals surface area (Å²) in [5.74, 6) is -2.06. The van der Waals surface area contributed by atoms with E-state index in [-0.39, 0.29) is 16.2 Å². The Bertz CT molecular complexity index is 1030. The highest BCUT2D eigenvalue weighted by Crippen LogP contribution is 2.25. The van der Waals surface area contributed by atoms with Crippen LogP contribution in [0, 0.1) is 0 Å². The van der Waals surface area contributed by atoms with E-state index in [0.717, 1.165) is 6.07 Å². The maximum Gasteiger partial charge on any atom is 0.289 e. The number of hydrogen-bond donors (Lipinski definition) is 0. The van der Waals surface area contributed by atoms with Crippen molar-refractivity contribution in [2.75, 3.05) is 12.1 Å². The number of para-hydroxylation sites is 1. The molecule has 0 aliphatic carbocycles. The Labute approximate surface area is 156 Å². The summed E-state index contributed by atoms with van der Waals surface area (Å²) in [5, 5.41) is 13.9. The Morgan fingerprint density at radius 2 is 1.78 bits per heavy atom. The summed E-state index contributed by atoms with van der Waals surface area (Å²) in [6.07, 6.45) is 0. The molecule has 8 nitrogen and oxygen atoms in total. The van der Waals surface area contributed by atoms with Crippen LogP contribution in [0.2, 0.25) is 0 Å². The molecule has 1 aliphatic heterocycles. The molecule has 27 heavy (non-hydrogen) atoms. The fourth-order valence-corrected chi connectivity index (χ4v) is 3.85. The van der Waals surface area contributed by atoms with E-state index in [2.05, 4.69) is 4.40 Å². The minimum absolute atomic E-state index is 0.153. The monoisotopic (exact) mass is 386 g/mol. The van der Waals surface area contributed by atoms with Gasteiger partial charge in [0.2, 0.25) is 0 Å². The molecule has 2 aromatic rings. The van der Waals surface area contributed by atoms with Crippen LogP contribution in [-0.4, -0.2) is 44.1 Å². The van der Waals surface area contributed by atoms with Gasteiger partial charge in [-0.1, -0.05) is 30.3 Å². The van der Waals surface area contributed by atoms with E-state index in [9.17, 15) is 23.1 Å². The highest BCUT2D eigenvalue weighted by atomic mass is 32.2. The summed E-state index contributed by atoms with van der Waals surface area (Å²) in [6.45, 7) is 1.66. The van der Waals surface area contributed by atoms with Crippen LogP contribution in [0.4, 0.5) is 5.69 Å². The molecule has 2 aromatic carbocycles. The van der Waals surface area contributed by atoms with Gasteiger partial charge in [0.1, 0.15) is 5.71 Å². The smallest absolute Gasteiger partial charge is 0.289 e. The molecule has 1 saturated heterocycles. The van der Waals surface area contributed by atoms with Crippen LogP contribution in [0.1, 0.15) is 17.3 Å². The van der Waals surface area contributed by atoms with Crippen molar-refractivity contribution in [3.05, 3.63) is 60.2 Å². The number of anilines is 1. The summed E-state index contributed by atoms with van der Waals surface area (Å²) < 4.78 is 28.9. The van der Waals surface area contributed by atoms with Crippen molar-refractivity contribution in [2.24, 2.45) is 4.40 Å². The molecule has 1 heterocycles. The highest BCUT2D eigenvalue weighted by molar-refractivity contribution is 7.90. The quantitative estimate of drug-likeness (QED) is 0.755. The molecule has 0 bridgehead atoms. The lowest BCUT2D eigenvalue weighted by atomic mass is 10.2. The molecule has 0 aromatic heterocycles. The van der Waals surface area contributed by atoms with E-state index in [1.165, 1.54) is 23.2 Å². The van der Waals surface area contributed by atoms with E-state index in [1.54, 1.807) is 49.3 Å². The van der Waals surface area contributed by atoms with Crippen LogP contribution < -0.4 is 10.1 Å². The van der Waals surface area contributed by atoms with E-state index in [0.29, 0.717) is 5.69 Å². The zero-order valence-electron chi connectivity index (χ0n) is 14.6. The normalized spacial score (nSPS) is 19.6. The van der Waals surface area contributed by atoms with Crippen molar-refractivity contribution in [2.45, 2.75) is 17.9 Å². The third-order valence-corrected chi connectivity index (χ3v) is 5.56. The van der Waals surface area contributed by atoms with Crippen LogP contribution in [0.3, 0.4) is 0 Å². The van der Waals surface area contributed by atoms with Crippen LogP contribution in [-0.2, 0) is 14.8 Å². The molecule has 0 radical (unpaired) electrons. The average Bonchev–Trinajstić information content (AvgIpc) is 2.85. The van der Waals surface area contributed by atoms with E-state index in [1.807, 2.05) is 0 Å². The van der Waals surface area contributed by atoms with Crippen LogP contribution in [0.15, 0.2) is 63.9 Å². The second-order valence-corrected chi connectivity index (χ2v) is 7.57. The number of hydrogen-bond acceptors (Lipinski definition) is 6. The van der Waals surface area contributed by atoms with Crippen LogP contribution >= 0.6 is 0 Å². The number of rotatable bonds is 4. The molecule has 1 unspecified atom stereocenters. The largest absolute Gasteiger partial charge is 0.545 e. The predicted octanol–water partition coefficient (Wildman–Crippen LogP) is 0.462. The molecule has 140 valence electrons. The third kappa shape index (κ3) is 3.46. The Morgan fingerprint density at radius 1 is 1.11 bits per heavy atom. The van der Waals surface area contributed by atoms with Crippen molar-refractivity contribution in [1.29, 1.82) is 0 Å². The number of sulfonamides is 1. The van der Waals surface area contributed by atoms with E-state index < -0.39 is 27.9 Å². The molecule has 0 N–H and O–H groups in total. The van der Waals surface area contributed by atoms with Crippen LogP contribution in [0.5, 0.6) is 0 Å². The molecule has 1 fully saturated rings. The molecule has 0 saturated carbocycles. The van der Waals surface area contributed by atoms with Gasteiger partial charge in [0.25, 0.3) is 15.9 Å². The third-order valence-electron chi connectivity index (χ3n) is 4.27. The fraction of sp³-hybridized carbons (Fsp3) is 0.167. The first-order chi connectivity index (χ1) is 12.7. The summed E-state index contributed by atoms with van der Waals surface area (Å²) in [6, 6.07) is 12.9. The standard InChI is InChI=1S/C18H17N3O5S/c1-12-16(17(22)21(20(12)2)14-8-4-3-5-9-14)19-27(25,26)15-10-6-7-13(11-15)18(23)24/h3-12H,1-2H3,(H,23,24)/p-1. The first-order valence-corrected chi connectivity index (χ1v) is 9.45. The number of carbonyl (C=O) groups excluding carboxylic acids is 2. The molecule has 1 amide bonds. The molecule has 9 heteroatoms. The molecule has 1 aliphatic rings. The topological polar surface area (TPSA) is 110 Å². The van der Waals surface area contributed by atoms with Crippen molar-refractivity contribution in [3.63, 3.8) is 0 Å². The number of hydrazine groups is 1. The van der Waals surface area contributed by atoms with Crippen molar-refractivity contribution in [3.8, 4) is 0 Å². The number of carboxylic acid groups (broad SMARTS) is 1. The van der Waals surface area contributed by atoms with E-state index >= 15 is 0 Å². The molecule has 1 atom stereocenters. The Morgan fingerprint density at radius 3 is 2.41 bits per heavy atom. The fourth-order valence-electron chi connectivity index (χ4n) is 2.73. The second-order valence-electron chi connectivity index (χ2n) is 5.97. The van der Waals surface area contributed by atoms with Gasteiger partial charge in [0, 0.05) is 7.05 Å². The van der Waals surface area contributed by atoms with Crippen molar-refractivity contribution >= 4 is 33.3 Å². The lowest BCUT2D eigenvalue weighted by molar-refractivity contribution is -0.255. The van der Waals surface area contributed by atoms with Gasteiger partial charge >= 0.3 is 0 Å². The zero-order valence-corrected chi connectivity index (χ0v) is 15.4. The minimum Gasteiger partial charge on any atom is -0.545 e. The lowest BCUT2D eigenvalue weighted by Gasteiger charge is -2.25. The molecular formula is C18H16N3O5S-. The summed E-state index contributed by atoms with van der Waals surface area (Å²) in [4.78, 5) is 23.4. The van der Waals surface area contributed by atoms with Gasteiger partial charge in [-0.05, 0) is 36.8 Å². The second kappa shape index (κ2) is 6.93. The maximum atomic E-state index is 12.8. The van der Waals surface area contributed by atoms with Gasteiger partial charge < -0.3 is 9.90 Å². The lowest BCUT2D eigenvalue weighted by Crippen LogP contribution is -2.38. The number of aromatic carboxylic acids is 1. The van der Waals surface area contributed by atoms with Gasteiger partial charge in [-0.15, -0.1) is 0 Å². The number of carbonyl (C=O) groups is 2. The minimum atomic E-state index is -4.27. The van der Waals surface area contributed by atoms with Gasteiger partial charge in [-0.2, -0.15) is 12.8 Å². The average molecular weight is 386 g/mol. The summed E-state index contributed by atoms with van der Waals surface area (Å²) in [7, 11) is -2.62. The number of nitrogens with zero attached hydrogens (tertiary/aromatic N) is 3. The number of carboxylic acids is 1.